The largest absolute Gasteiger partial charge is 0.379 e. The van der Waals surface area contributed by atoms with Crippen LogP contribution < -0.4 is 0 Å². The van der Waals surface area contributed by atoms with Crippen molar-refractivity contribution in [2.45, 2.75) is 103 Å². The van der Waals surface area contributed by atoms with Crippen LogP contribution in [0, 0.1) is 17.8 Å². The van der Waals surface area contributed by atoms with Crippen molar-refractivity contribution < 1.29 is 14.2 Å². The predicted molar refractivity (Wildman–Crippen MR) is 99.1 cm³/mol. The van der Waals surface area contributed by atoms with E-state index in [4.69, 9.17) is 14.2 Å². The summed E-state index contributed by atoms with van der Waals surface area (Å²) in [5.41, 5.74) is 0. The molecule has 0 heterocycles. The van der Waals surface area contributed by atoms with Gasteiger partial charge in [0.05, 0.1) is 12.2 Å². The summed E-state index contributed by atoms with van der Waals surface area (Å²) in [7, 11) is 1.83. The van der Waals surface area contributed by atoms with Crippen LogP contribution in [0.4, 0.5) is 0 Å². The lowest BCUT2D eigenvalue weighted by atomic mass is 9.77. The molecule has 0 aliphatic heterocycles. The van der Waals surface area contributed by atoms with Crippen molar-refractivity contribution in [2.75, 3.05) is 13.7 Å². The van der Waals surface area contributed by atoms with E-state index in [2.05, 4.69) is 13.8 Å². The quantitative estimate of drug-likeness (QED) is 0.514. The molecule has 0 spiro atoms. The van der Waals surface area contributed by atoms with Crippen molar-refractivity contribution in [3.8, 4) is 0 Å². The van der Waals surface area contributed by atoms with Gasteiger partial charge in [-0.1, -0.05) is 52.4 Å². The van der Waals surface area contributed by atoms with Gasteiger partial charge in [-0.05, 0) is 50.4 Å². The molecule has 3 nitrogen and oxygen atoms in total. The summed E-state index contributed by atoms with van der Waals surface area (Å²) in [4.78, 5) is 0. The number of hydrogen-bond acceptors (Lipinski definition) is 3. The second-order valence-electron chi connectivity index (χ2n) is 8.14. The topological polar surface area (TPSA) is 27.7 Å². The Kier molecular flexibility index (Phi) is 9.07. The number of rotatable bonds is 9. The lowest BCUT2D eigenvalue weighted by Gasteiger charge is -2.38. The molecule has 0 aromatic heterocycles. The Hall–Kier alpha value is -0.120. The molecule has 2 aliphatic carbocycles. The maximum Gasteiger partial charge on any atom is 0.155 e. The van der Waals surface area contributed by atoms with Gasteiger partial charge in [-0.15, -0.1) is 0 Å². The second-order valence-corrected chi connectivity index (χ2v) is 8.14. The van der Waals surface area contributed by atoms with Gasteiger partial charge in [0, 0.05) is 13.7 Å². The summed E-state index contributed by atoms with van der Waals surface area (Å²) >= 11 is 0. The van der Waals surface area contributed by atoms with E-state index in [0.29, 0.717) is 0 Å². The average Bonchev–Trinajstić information content (AvgIpc) is 2.62. The van der Waals surface area contributed by atoms with Crippen molar-refractivity contribution in [1.29, 1.82) is 0 Å². The van der Waals surface area contributed by atoms with Crippen molar-refractivity contribution >= 4 is 0 Å². The van der Waals surface area contributed by atoms with Crippen LogP contribution in [0.1, 0.15) is 85.0 Å². The van der Waals surface area contributed by atoms with E-state index in [1.165, 1.54) is 51.4 Å². The van der Waals surface area contributed by atoms with Crippen LogP contribution in [0.3, 0.4) is 0 Å². The minimum atomic E-state index is -0.114. The third-order valence-electron chi connectivity index (χ3n) is 6.49. The molecule has 5 unspecified atom stereocenters. The van der Waals surface area contributed by atoms with Crippen LogP contribution in [-0.2, 0) is 14.2 Å². The smallest absolute Gasteiger partial charge is 0.155 e. The molecule has 0 N–H and O–H groups in total. The molecule has 0 aromatic rings. The Morgan fingerprint density at radius 3 is 2.38 bits per heavy atom. The van der Waals surface area contributed by atoms with Gasteiger partial charge in [0.15, 0.2) is 6.29 Å². The van der Waals surface area contributed by atoms with E-state index in [0.717, 1.165) is 37.2 Å². The minimum Gasteiger partial charge on any atom is -0.379 e. The number of hydrogen-bond donors (Lipinski definition) is 0. The van der Waals surface area contributed by atoms with Crippen molar-refractivity contribution in [2.24, 2.45) is 17.8 Å². The minimum absolute atomic E-state index is 0.114. The molecule has 2 rings (SSSR count). The van der Waals surface area contributed by atoms with Crippen LogP contribution in [0.15, 0.2) is 0 Å². The zero-order valence-electron chi connectivity index (χ0n) is 16.5. The Balaban J connectivity index is 1.67. The maximum absolute atomic E-state index is 6.20. The van der Waals surface area contributed by atoms with Crippen molar-refractivity contribution in [3.05, 3.63) is 0 Å². The fourth-order valence-electron chi connectivity index (χ4n) is 4.55. The van der Waals surface area contributed by atoms with Gasteiger partial charge < -0.3 is 14.2 Å². The van der Waals surface area contributed by atoms with Gasteiger partial charge in [-0.2, -0.15) is 0 Å². The second kappa shape index (κ2) is 10.8. The third-order valence-corrected chi connectivity index (χ3v) is 6.49. The van der Waals surface area contributed by atoms with Gasteiger partial charge in [0.2, 0.25) is 0 Å². The summed E-state index contributed by atoms with van der Waals surface area (Å²) in [6.07, 6.45) is 13.3. The molecule has 24 heavy (non-hydrogen) atoms. The fraction of sp³-hybridized carbons (Fsp3) is 1.00. The Bertz CT molecular complexity index is 327. The zero-order valence-corrected chi connectivity index (χ0v) is 16.5. The molecule has 0 radical (unpaired) electrons. The van der Waals surface area contributed by atoms with Crippen LogP contribution in [0.25, 0.3) is 0 Å². The van der Waals surface area contributed by atoms with Crippen molar-refractivity contribution in [1.82, 2.24) is 0 Å². The normalized spacial score (nSPS) is 31.8. The lowest BCUT2D eigenvalue weighted by Crippen LogP contribution is -2.41. The van der Waals surface area contributed by atoms with Gasteiger partial charge in [-0.25, -0.2) is 0 Å². The van der Waals surface area contributed by atoms with Gasteiger partial charge >= 0.3 is 0 Å². The van der Waals surface area contributed by atoms with Crippen molar-refractivity contribution in [3.63, 3.8) is 0 Å². The average molecular weight is 341 g/mol. The lowest BCUT2D eigenvalue weighted by molar-refractivity contribution is -0.200. The first kappa shape index (κ1) is 20.2. The first-order chi connectivity index (χ1) is 11.6. The highest BCUT2D eigenvalue weighted by Crippen LogP contribution is 2.35. The predicted octanol–water partition coefficient (Wildman–Crippen LogP) is 5.57. The van der Waals surface area contributed by atoms with Crippen LogP contribution in [0.5, 0.6) is 0 Å². The Morgan fingerprint density at radius 2 is 1.71 bits per heavy atom. The first-order valence-corrected chi connectivity index (χ1v) is 10.4. The molecule has 5 atom stereocenters. The molecule has 0 bridgehead atoms. The summed E-state index contributed by atoms with van der Waals surface area (Å²) in [5.74, 6) is 2.44. The van der Waals surface area contributed by atoms with Crippen LogP contribution in [-0.4, -0.2) is 32.2 Å². The summed E-state index contributed by atoms with van der Waals surface area (Å²) in [5, 5.41) is 0. The summed E-state index contributed by atoms with van der Waals surface area (Å²) in [6, 6.07) is 0. The molecule has 0 amide bonds. The van der Waals surface area contributed by atoms with Crippen LogP contribution in [0.2, 0.25) is 0 Å². The Labute approximate surface area is 149 Å². The van der Waals surface area contributed by atoms with E-state index in [9.17, 15) is 0 Å². The molecule has 142 valence electrons. The highest BCUT2D eigenvalue weighted by molar-refractivity contribution is 4.83. The molecule has 3 heteroatoms. The molecule has 2 aliphatic rings. The molecular formula is C21H40O3. The van der Waals surface area contributed by atoms with E-state index in [-0.39, 0.29) is 18.5 Å². The number of ether oxygens (including phenoxy) is 3. The fourth-order valence-corrected chi connectivity index (χ4v) is 4.55. The van der Waals surface area contributed by atoms with Gasteiger partial charge in [-0.3, -0.25) is 0 Å². The number of methoxy groups -OCH3 is 1. The summed E-state index contributed by atoms with van der Waals surface area (Å²) in [6.45, 7) is 7.55. The third kappa shape index (κ3) is 6.31. The molecule has 2 saturated carbocycles. The Morgan fingerprint density at radius 1 is 0.958 bits per heavy atom. The van der Waals surface area contributed by atoms with E-state index < -0.39 is 0 Å². The first-order valence-electron chi connectivity index (χ1n) is 10.4. The van der Waals surface area contributed by atoms with Gasteiger partial charge in [0.25, 0.3) is 0 Å². The molecular weight excluding hydrogens is 300 g/mol. The highest BCUT2D eigenvalue weighted by Gasteiger charge is 2.34. The monoisotopic (exact) mass is 340 g/mol. The molecule has 0 saturated heterocycles. The zero-order chi connectivity index (χ0) is 17.4. The van der Waals surface area contributed by atoms with E-state index in [1.807, 2.05) is 14.0 Å². The standard InChI is InChI=1S/C21H40O3/c1-5-16(2)19-11-12-20(21(15-19)22-4)24-17(3)23-14-13-18-9-7-6-8-10-18/h16-21H,5-15H2,1-4H3. The maximum atomic E-state index is 6.20. The summed E-state index contributed by atoms with van der Waals surface area (Å²) < 4.78 is 17.9. The van der Waals surface area contributed by atoms with Gasteiger partial charge in [0.1, 0.15) is 0 Å². The molecule has 2 fully saturated rings. The van der Waals surface area contributed by atoms with E-state index in [1.54, 1.807) is 0 Å². The van der Waals surface area contributed by atoms with E-state index >= 15 is 0 Å². The molecule has 0 aromatic carbocycles. The highest BCUT2D eigenvalue weighted by atomic mass is 16.7. The SMILES string of the molecule is CCC(C)C1CCC(OC(C)OCCC2CCCCC2)C(OC)C1. The van der Waals surface area contributed by atoms with Crippen LogP contribution >= 0.6 is 0 Å².